The number of rotatable bonds is 5. The molecule has 2 rings (SSSR count). The topological polar surface area (TPSA) is 47.0 Å². The van der Waals surface area contributed by atoms with Crippen LogP contribution >= 0.6 is 11.8 Å². The van der Waals surface area contributed by atoms with E-state index in [1.54, 1.807) is 25.2 Å². The SMILES string of the molecule is CNc1ncnc(SCc2cc(C)cc(C)c2)c1OC. The molecule has 0 bridgehead atoms. The van der Waals surface area contributed by atoms with Gasteiger partial charge in [-0.15, -0.1) is 0 Å². The zero-order valence-electron chi connectivity index (χ0n) is 12.2. The van der Waals surface area contributed by atoms with Crippen LogP contribution in [0.4, 0.5) is 5.82 Å². The van der Waals surface area contributed by atoms with Gasteiger partial charge in [0, 0.05) is 12.8 Å². The molecule has 0 spiro atoms. The van der Waals surface area contributed by atoms with Gasteiger partial charge in [-0.2, -0.15) is 0 Å². The molecule has 0 aliphatic carbocycles. The van der Waals surface area contributed by atoms with Crippen molar-refractivity contribution >= 4 is 17.6 Å². The monoisotopic (exact) mass is 289 g/mol. The summed E-state index contributed by atoms with van der Waals surface area (Å²) in [6.45, 7) is 4.23. The van der Waals surface area contributed by atoms with Gasteiger partial charge in [0.2, 0.25) is 0 Å². The molecule has 1 heterocycles. The van der Waals surface area contributed by atoms with E-state index in [1.165, 1.54) is 16.7 Å². The summed E-state index contributed by atoms with van der Waals surface area (Å²) in [7, 11) is 3.46. The fourth-order valence-electron chi connectivity index (χ4n) is 2.13. The highest BCUT2D eigenvalue weighted by atomic mass is 32.2. The van der Waals surface area contributed by atoms with Crippen molar-refractivity contribution in [3.05, 3.63) is 41.2 Å². The Morgan fingerprint density at radius 3 is 2.45 bits per heavy atom. The smallest absolute Gasteiger partial charge is 0.193 e. The van der Waals surface area contributed by atoms with Crippen molar-refractivity contribution < 1.29 is 4.74 Å². The lowest BCUT2D eigenvalue weighted by atomic mass is 10.1. The molecule has 1 aromatic heterocycles. The molecule has 0 radical (unpaired) electrons. The molecule has 1 aromatic carbocycles. The summed E-state index contributed by atoms with van der Waals surface area (Å²) in [4.78, 5) is 8.46. The molecule has 0 saturated heterocycles. The van der Waals surface area contributed by atoms with E-state index in [4.69, 9.17) is 4.74 Å². The van der Waals surface area contributed by atoms with Crippen LogP contribution in [-0.4, -0.2) is 24.1 Å². The van der Waals surface area contributed by atoms with E-state index in [0.717, 1.165) is 10.8 Å². The van der Waals surface area contributed by atoms with Crippen LogP contribution in [0.25, 0.3) is 0 Å². The van der Waals surface area contributed by atoms with Crippen LogP contribution in [0, 0.1) is 13.8 Å². The number of aromatic nitrogens is 2. The molecule has 106 valence electrons. The zero-order valence-corrected chi connectivity index (χ0v) is 13.0. The Bertz CT molecular complexity index is 581. The molecule has 5 heteroatoms. The maximum Gasteiger partial charge on any atom is 0.193 e. The van der Waals surface area contributed by atoms with Gasteiger partial charge in [-0.25, -0.2) is 9.97 Å². The highest BCUT2D eigenvalue weighted by Gasteiger charge is 2.11. The van der Waals surface area contributed by atoms with Gasteiger partial charge in [0.25, 0.3) is 0 Å². The van der Waals surface area contributed by atoms with Gasteiger partial charge in [0.15, 0.2) is 11.6 Å². The molecule has 0 aliphatic heterocycles. The Labute approximate surface area is 124 Å². The Morgan fingerprint density at radius 2 is 1.85 bits per heavy atom. The number of hydrogen-bond donors (Lipinski definition) is 1. The third-order valence-electron chi connectivity index (χ3n) is 2.87. The Morgan fingerprint density at radius 1 is 1.15 bits per heavy atom. The van der Waals surface area contributed by atoms with Gasteiger partial charge < -0.3 is 10.1 Å². The Kier molecular flexibility index (Phi) is 4.84. The fraction of sp³-hybridized carbons (Fsp3) is 0.333. The van der Waals surface area contributed by atoms with Crippen molar-refractivity contribution in [2.45, 2.75) is 24.6 Å². The second-order valence-electron chi connectivity index (χ2n) is 4.60. The first-order valence-corrected chi connectivity index (χ1v) is 7.39. The molecule has 0 atom stereocenters. The van der Waals surface area contributed by atoms with Crippen LogP contribution in [0.5, 0.6) is 5.75 Å². The largest absolute Gasteiger partial charge is 0.490 e. The van der Waals surface area contributed by atoms with Gasteiger partial charge in [0.1, 0.15) is 11.4 Å². The predicted octanol–water partition coefficient (Wildman–Crippen LogP) is 3.44. The predicted molar refractivity (Wildman–Crippen MR) is 83.6 cm³/mol. The van der Waals surface area contributed by atoms with Gasteiger partial charge in [-0.05, 0) is 19.4 Å². The van der Waals surface area contributed by atoms with Crippen LogP contribution in [0.15, 0.2) is 29.6 Å². The molecular weight excluding hydrogens is 270 g/mol. The highest BCUT2D eigenvalue weighted by Crippen LogP contribution is 2.33. The molecule has 0 aliphatic rings. The number of aryl methyl sites for hydroxylation is 2. The lowest BCUT2D eigenvalue weighted by Gasteiger charge is -2.11. The van der Waals surface area contributed by atoms with Crippen molar-refractivity contribution in [2.24, 2.45) is 0 Å². The van der Waals surface area contributed by atoms with E-state index < -0.39 is 0 Å². The molecular formula is C15H19N3OS. The van der Waals surface area contributed by atoms with Crippen LogP contribution in [0.3, 0.4) is 0 Å². The van der Waals surface area contributed by atoms with Crippen LogP contribution < -0.4 is 10.1 Å². The summed E-state index contributed by atoms with van der Waals surface area (Å²) in [5.74, 6) is 2.27. The van der Waals surface area contributed by atoms with Gasteiger partial charge in [-0.1, -0.05) is 41.1 Å². The van der Waals surface area contributed by atoms with Gasteiger partial charge >= 0.3 is 0 Å². The van der Waals surface area contributed by atoms with Gasteiger partial charge in [-0.3, -0.25) is 0 Å². The standard InChI is InChI=1S/C15H19N3OS/c1-10-5-11(2)7-12(6-10)8-20-15-13(19-4)14(16-3)17-9-18-15/h5-7,9H,8H2,1-4H3,(H,16,17,18). The van der Waals surface area contributed by atoms with E-state index in [0.29, 0.717) is 11.6 Å². The van der Waals surface area contributed by atoms with E-state index in [-0.39, 0.29) is 0 Å². The van der Waals surface area contributed by atoms with Crippen LogP contribution in [0.1, 0.15) is 16.7 Å². The third kappa shape index (κ3) is 3.42. The van der Waals surface area contributed by atoms with Crippen LogP contribution in [-0.2, 0) is 5.75 Å². The lowest BCUT2D eigenvalue weighted by molar-refractivity contribution is 0.400. The summed E-state index contributed by atoms with van der Waals surface area (Å²) in [5, 5.41) is 3.87. The average Bonchev–Trinajstić information content (AvgIpc) is 2.43. The highest BCUT2D eigenvalue weighted by molar-refractivity contribution is 7.98. The number of ether oxygens (including phenoxy) is 1. The molecule has 0 fully saturated rings. The van der Waals surface area contributed by atoms with E-state index >= 15 is 0 Å². The minimum absolute atomic E-state index is 0.698. The number of anilines is 1. The first kappa shape index (κ1) is 14.7. The Balaban J connectivity index is 2.18. The minimum atomic E-state index is 0.698. The second-order valence-corrected chi connectivity index (χ2v) is 5.56. The number of hydrogen-bond acceptors (Lipinski definition) is 5. The average molecular weight is 289 g/mol. The molecule has 1 N–H and O–H groups in total. The number of thioether (sulfide) groups is 1. The molecule has 0 amide bonds. The van der Waals surface area contributed by atoms with E-state index in [2.05, 4.69) is 47.3 Å². The number of nitrogens with one attached hydrogen (secondary N) is 1. The van der Waals surface area contributed by atoms with Crippen molar-refractivity contribution in [1.82, 2.24) is 9.97 Å². The third-order valence-corrected chi connectivity index (χ3v) is 3.91. The first-order chi connectivity index (χ1) is 9.63. The quantitative estimate of drug-likeness (QED) is 0.675. The summed E-state index contributed by atoms with van der Waals surface area (Å²) >= 11 is 1.66. The molecule has 4 nitrogen and oxygen atoms in total. The normalized spacial score (nSPS) is 10.4. The summed E-state index contributed by atoms with van der Waals surface area (Å²) in [6.07, 6.45) is 1.55. The van der Waals surface area contributed by atoms with Crippen molar-refractivity contribution in [3.63, 3.8) is 0 Å². The zero-order chi connectivity index (χ0) is 14.5. The van der Waals surface area contributed by atoms with E-state index in [1.807, 2.05) is 7.05 Å². The summed E-state index contributed by atoms with van der Waals surface area (Å²) in [6, 6.07) is 6.58. The van der Waals surface area contributed by atoms with Crippen LogP contribution in [0.2, 0.25) is 0 Å². The molecule has 20 heavy (non-hydrogen) atoms. The number of nitrogens with zero attached hydrogens (tertiary/aromatic N) is 2. The first-order valence-electron chi connectivity index (χ1n) is 6.40. The second kappa shape index (κ2) is 6.61. The van der Waals surface area contributed by atoms with Gasteiger partial charge in [0.05, 0.1) is 7.11 Å². The molecule has 0 unspecified atom stereocenters. The molecule has 2 aromatic rings. The van der Waals surface area contributed by atoms with Crippen molar-refractivity contribution in [2.75, 3.05) is 19.5 Å². The Hall–Kier alpha value is -1.75. The maximum atomic E-state index is 5.39. The molecule has 0 saturated carbocycles. The van der Waals surface area contributed by atoms with E-state index in [9.17, 15) is 0 Å². The number of methoxy groups -OCH3 is 1. The summed E-state index contributed by atoms with van der Waals surface area (Å²) < 4.78 is 5.39. The number of benzene rings is 1. The summed E-state index contributed by atoms with van der Waals surface area (Å²) in [5.41, 5.74) is 3.86. The lowest BCUT2D eigenvalue weighted by Crippen LogP contribution is -2.00. The van der Waals surface area contributed by atoms with Crippen molar-refractivity contribution in [1.29, 1.82) is 0 Å². The maximum absolute atomic E-state index is 5.39. The fourth-order valence-corrected chi connectivity index (χ4v) is 3.03. The minimum Gasteiger partial charge on any atom is -0.490 e. The van der Waals surface area contributed by atoms with Crippen molar-refractivity contribution in [3.8, 4) is 5.75 Å².